The van der Waals surface area contributed by atoms with Gasteiger partial charge in [-0.3, -0.25) is 0 Å². The molecule has 0 aliphatic carbocycles. The Balaban J connectivity index is 2.48. The van der Waals surface area contributed by atoms with Gasteiger partial charge >= 0.3 is 0 Å². The van der Waals surface area contributed by atoms with Crippen LogP contribution in [0.25, 0.3) is 5.82 Å². The number of hydrogen-bond acceptors (Lipinski definition) is 4. The summed E-state index contributed by atoms with van der Waals surface area (Å²) in [5.41, 5.74) is 0. The van der Waals surface area contributed by atoms with Crippen molar-refractivity contribution in [3.05, 3.63) is 29.7 Å². The molecule has 0 saturated heterocycles. The molecule has 0 amide bonds. The fourth-order valence-corrected chi connectivity index (χ4v) is 0.951. The van der Waals surface area contributed by atoms with Crippen molar-refractivity contribution < 1.29 is 0 Å². The summed E-state index contributed by atoms with van der Waals surface area (Å²) in [5.74, 6) is 0.604. The summed E-state index contributed by atoms with van der Waals surface area (Å²) in [7, 11) is 0. The molecule has 0 N–H and O–H groups in total. The van der Waals surface area contributed by atoms with E-state index in [9.17, 15) is 0 Å². The molecule has 0 bridgehead atoms. The van der Waals surface area contributed by atoms with Gasteiger partial charge in [0.1, 0.15) is 11.5 Å². The van der Waals surface area contributed by atoms with Gasteiger partial charge in [0.05, 0.1) is 0 Å². The zero-order chi connectivity index (χ0) is 8.39. The average molecular weight is 182 g/mol. The minimum Gasteiger partial charge on any atom is -0.217 e. The Hall–Kier alpha value is -1.49. The normalized spacial score (nSPS) is 10.1. The van der Waals surface area contributed by atoms with Gasteiger partial charge in [-0.2, -0.15) is 4.68 Å². The maximum atomic E-state index is 5.67. The van der Waals surface area contributed by atoms with Gasteiger partial charge in [-0.15, -0.1) is 5.10 Å². The molecule has 0 aliphatic heterocycles. The van der Waals surface area contributed by atoms with E-state index in [1.165, 1.54) is 11.0 Å². The quantitative estimate of drug-likeness (QED) is 0.608. The lowest BCUT2D eigenvalue weighted by molar-refractivity contribution is 0.771. The molecule has 0 atom stereocenters. The van der Waals surface area contributed by atoms with Crippen molar-refractivity contribution in [1.29, 1.82) is 0 Å². The Morgan fingerprint density at radius 2 is 2.25 bits per heavy atom. The van der Waals surface area contributed by atoms with Gasteiger partial charge in [0.25, 0.3) is 0 Å². The third kappa shape index (κ3) is 1.26. The summed E-state index contributed by atoms with van der Waals surface area (Å²) in [4.78, 5) is 4.00. The van der Waals surface area contributed by atoms with Crippen LogP contribution in [-0.4, -0.2) is 25.2 Å². The first kappa shape index (κ1) is 7.17. The molecule has 2 aromatic rings. The molecule has 2 aromatic heterocycles. The van der Waals surface area contributed by atoms with Crippen LogP contribution in [-0.2, 0) is 0 Å². The fraction of sp³-hybridized carbons (Fsp3) is 0. The van der Waals surface area contributed by atoms with E-state index in [0.717, 1.165) is 0 Å². The molecule has 12 heavy (non-hydrogen) atoms. The topological polar surface area (TPSA) is 56.5 Å². The smallest absolute Gasteiger partial charge is 0.158 e. The van der Waals surface area contributed by atoms with E-state index in [-0.39, 0.29) is 0 Å². The summed E-state index contributed by atoms with van der Waals surface area (Å²) in [6.07, 6.45) is 1.46. The summed E-state index contributed by atoms with van der Waals surface area (Å²) in [5, 5.41) is 11.0. The molecule has 0 unspecified atom stereocenters. The third-order valence-corrected chi connectivity index (χ3v) is 1.49. The number of rotatable bonds is 1. The first-order valence-corrected chi connectivity index (χ1v) is 3.60. The van der Waals surface area contributed by atoms with Gasteiger partial charge in [0, 0.05) is 0 Å². The number of nitrogens with zero attached hydrogens (tertiary/aromatic N) is 5. The molecular weight excluding hydrogens is 178 g/mol. The number of pyridine rings is 1. The first-order chi connectivity index (χ1) is 5.86. The Labute approximate surface area is 73.0 Å². The SMILES string of the molecule is Clc1cccc(-n2cnnn2)n1. The van der Waals surface area contributed by atoms with Crippen molar-refractivity contribution >= 4 is 11.6 Å². The third-order valence-electron chi connectivity index (χ3n) is 1.28. The van der Waals surface area contributed by atoms with Crippen molar-refractivity contribution in [2.24, 2.45) is 0 Å². The predicted octanol–water partition coefficient (Wildman–Crippen LogP) is 0.711. The number of tetrazole rings is 1. The molecule has 0 radical (unpaired) electrons. The zero-order valence-electron chi connectivity index (χ0n) is 5.92. The highest BCUT2D eigenvalue weighted by molar-refractivity contribution is 6.29. The summed E-state index contributed by atoms with van der Waals surface area (Å²) < 4.78 is 1.44. The van der Waals surface area contributed by atoms with E-state index < -0.39 is 0 Å². The van der Waals surface area contributed by atoms with Crippen LogP contribution in [0.15, 0.2) is 24.5 Å². The number of hydrogen-bond donors (Lipinski definition) is 0. The molecule has 6 heteroatoms. The second kappa shape index (κ2) is 2.86. The highest BCUT2D eigenvalue weighted by Gasteiger charge is 1.98. The van der Waals surface area contributed by atoms with Gasteiger partial charge in [0.2, 0.25) is 0 Å². The molecule has 2 heterocycles. The van der Waals surface area contributed by atoms with Crippen LogP contribution in [0.2, 0.25) is 5.15 Å². The average Bonchev–Trinajstić information content (AvgIpc) is 2.56. The van der Waals surface area contributed by atoms with Gasteiger partial charge < -0.3 is 0 Å². The van der Waals surface area contributed by atoms with Crippen LogP contribution in [0.4, 0.5) is 0 Å². The predicted molar refractivity (Wildman–Crippen MR) is 42.0 cm³/mol. The number of halogens is 1. The molecule has 0 aromatic carbocycles. The highest BCUT2D eigenvalue weighted by Crippen LogP contribution is 2.06. The second-order valence-corrected chi connectivity index (χ2v) is 2.46. The van der Waals surface area contributed by atoms with Gasteiger partial charge in [-0.25, -0.2) is 4.98 Å². The van der Waals surface area contributed by atoms with Crippen LogP contribution in [0.5, 0.6) is 0 Å². The van der Waals surface area contributed by atoms with E-state index in [0.29, 0.717) is 11.0 Å². The van der Waals surface area contributed by atoms with Crippen LogP contribution in [0.1, 0.15) is 0 Å². The molecule has 60 valence electrons. The monoisotopic (exact) mass is 181 g/mol. The standard InChI is InChI=1S/C6H4ClN5/c7-5-2-1-3-6(9-5)12-4-8-10-11-12/h1-4H. The molecule has 0 spiro atoms. The first-order valence-electron chi connectivity index (χ1n) is 3.22. The summed E-state index contributed by atoms with van der Waals surface area (Å²) in [6, 6.07) is 5.24. The Morgan fingerprint density at radius 3 is 2.92 bits per heavy atom. The van der Waals surface area contributed by atoms with Crippen molar-refractivity contribution in [3.63, 3.8) is 0 Å². The van der Waals surface area contributed by atoms with Crippen LogP contribution in [0, 0.1) is 0 Å². The van der Waals surface area contributed by atoms with Crippen molar-refractivity contribution in [2.75, 3.05) is 0 Å². The Bertz CT molecular complexity index is 371. The van der Waals surface area contributed by atoms with E-state index in [1.54, 1.807) is 18.2 Å². The number of aromatic nitrogens is 5. The van der Waals surface area contributed by atoms with Crippen LogP contribution < -0.4 is 0 Å². The molecule has 5 nitrogen and oxygen atoms in total. The molecule has 2 rings (SSSR count). The minimum atomic E-state index is 0.419. The van der Waals surface area contributed by atoms with E-state index in [2.05, 4.69) is 20.5 Å². The second-order valence-electron chi connectivity index (χ2n) is 2.07. The lowest BCUT2D eigenvalue weighted by Gasteiger charge is -1.96. The lowest BCUT2D eigenvalue weighted by Crippen LogP contribution is -1.97. The molecule has 0 saturated carbocycles. The fourth-order valence-electron chi connectivity index (χ4n) is 0.791. The molecular formula is C6H4ClN5. The van der Waals surface area contributed by atoms with E-state index in [1.807, 2.05) is 0 Å². The summed E-state index contributed by atoms with van der Waals surface area (Å²) >= 11 is 5.67. The minimum absolute atomic E-state index is 0.419. The van der Waals surface area contributed by atoms with E-state index in [4.69, 9.17) is 11.6 Å². The Morgan fingerprint density at radius 1 is 1.33 bits per heavy atom. The van der Waals surface area contributed by atoms with Crippen molar-refractivity contribution in [2.45, 2.75) is 0 Å². The van der Waals surface area contributed by atoms with Gasteiger partial charge in [-0.1, -0.05) is 17.7 Å². The Kier molecular flexibility index (Phi) is 1.71. The van der Waals surface area contributed by atoms with Crippen molar-refractivity contribution in [3.8, 4) is 5.82 Å². The van der Waals surface area contributed by atoms with Gasteiger partial charge in [-0.05, 0) is 22.6 Å². The summed E-state index contributed by atoms with van der Waals surface area (Å²) in [6.45, 7) is 0. The van der Waals surface area contributed by atoms with Crippen molar-refractivity contribution in [1.82, 2.24) is 25.2 Å². The van der Waals surface area contributed by atoms with Crippen LogP contribution >= 0.6 is 11.6 Å². The molecule has 0 fully saturated rings. The van der Waals surface area contributed by atoms with E-state index >= 15 is 0 Å². The maximum Gasteiger partial charge on any atom is 0.158 e. The van der Waals surface area contributed by atoms with Crippen LogP contribution in [0.3, 0.4) is 0 Å². The zero-order valence-corrected chi connectivity index (χ0v) is 6.68. The highest BCUT2D eigenvalue weighted by atomic mass is 35.5. The molecule has 0 aliphatic rings. The lowest BCUT2D eigenvalue weighted by atomic mass is 10.5. The van der Waals surface area contributed by atoms with Gasteiger partial charge in [0.15, 0.2) is 5.82 Å². The maximum absolute atomic E-state index is 5.67. The largest absolute Gasteiger partial charge is 0.217 e.